The Hall–Kier alpha value is -2.27. The second-order valence-electron chi connectivity index (χ2n) is 3.97. The van der Waals surface area contributed by atoms with Crippen LogP contribution in [0.4, 0.5) is 13.2 Å². The molecule has 1 aromatic heterocycles. The molecule has 0 atom stereocenters. The SMILES string of the molecule is CSc1cc(=O)n(-c2cccc(C(F)(F)F)c2)nc1C#N. The Bertz CT molecular complexity index is 777. The van der Waals surface area contributed by atoms with Gasteiger partial charge in [0.05, 0.1) is 16.1 Å². The predicted octanol–water partition coefficient (Wildman–Crippen LogP) is 2.84. The smallest absolute Gasteiger partial charge is 0.267 e. The van der Waals surface area contributed by atoms with Crippen LogP contribution in [-0.4, -0.2) is 16.0 Å². The average molecular weight is 311 g/mol. The van der Waals surface area contributed by atoms with Crippen molar-refractivity contribution in [3.8, 4) is 11.8 Å². The van der Waals surface area contributed by atoms with Crippen LogP contribution in [0.15, 0.2) is 40.0 Å². The Morgan fingerprint density at radius 1 is 1.33 bits per heavy atom. The van der Waals surface area contributed by atoms with Gasteiger partial charge in [0.2, 0.25) is 0 Å². The molecule has 1 aromatic carbocycles. The van der Waals surface area contributed by atoms with Gasteiger partial charge in [0.15, 0.2) is 5.69 Å². The Balaban J connectivity index is 2.63. The summed E-state index contributed by atoms with van der Waals surface area (Å²) < 4.78 is 38.8. The fraction of sp³-hybridized carbons (Fsp3) is 0.154. The van der Waals surface area contributed by atoms with Gasteiger partial charge in [-0.15, -0.1) is 11.8 Å². The second kappa shape index (κ2) is 5.61. The Labute approximate surface area is 121 Å². The van der Waals surface area contributed by atoms with Crippen molar-refractivity contribution >= 4 is 11.8 Å². The van der Waals surface area contributed by atoms with E-state index in [0.717, 1.165) is 16.8 Å². The number of benzene rings is 1. The molecule has 0 radical (unpaired) electrons. The predicted molar refractivity (Wildman–Crippen MR) is 71.3 cm³/mol. The van der Waals surface area contributed by atoms with Crippen LogP contribution in [0, 0.1) is 11.3 Å². The fourth-order valence-corrected chi connectivity index (χ4v) is 2.17. The molecule has 108 valence electrons. The van der Waals surface area contributed by atoms with Gasteiger partial charge in [0.1, 0.15) is 6.07 Å². The summed E-state index contributed by atoms with van der Waals surface area (Å²) in [6.45, 7) is 0. The Kier molecular flexibility index (Phi) is 4.04. The van der Waals surface area contributed by atoms with Crippen LogP contribution in [0.2, 0.25) is 0 Å². The Morgan fingerprint density at radius 2 is 2.05 bits per heavy atom. The summed E-state index contributed by atoms with van der Waals surface area (Å²) in [4.78, 5) is 12.3. The number of alkyl halides is 3. The molecule has 0 aliphatic rings. The van der Waals surface area contributed by atoms with E-state index < -0.39 is 17.3 Å². The molecule has 0 N–H and O–H groups in total. The zero-order chi connectivity index (χ0) is 15.6. The van der Waals surface area contributed by atoms with Crippen LogP contribution in [0.1, 0.15) is 11.3 Å². The lowest BCUT2D eigenvalue weighted by molar-refractivity contribution is -0.137. The van der Waals surface area contributed by atoms with E-state index in [1.54, 1.807) is 6.26 Å². The van der Waals surface area contributed by atoms with Crippen LogP contribution in [0.3, 0.4) is 0 Å². The zero-order valence-corrected chi connectivity index (χ0v) is 11.5. The quantitative estimate of drug-likeness (QED) is 0.800. The van der Waals surface area contributed by atoms with Crippen molar-refractivity contribution in [1.82, 2.24) is 9.78 Å². The van der Waals surface area contributed by atoms with Crippen LogP contribution in [0.5, 0.6) is 0 Å². The summed E-state index contributed by atoms with van der Waals surface area (Å²) in [7, 11) is 0. The number of nitrogens with zero attached hydrogens (tertiary/aromatic N) is 3. The van der Waals surface area contributed by atoms with Crippen molar-refractivity contribution in [2.75, 3.05) is 6.26 Å². The van der Waals surface area contributed by atoms with Gasteiger partial charge in [0.25, 0.3) is 5.56 Å². The molecule has 0 fully saturated rings. The first-order valence-electron chi connectivity index (χ1n) is 5.63. The minimum atomic E-state index is -4.52. The van der Waals surface area contributed by atoms with Gasteiger partial charge < -0.3 is 0 Å². The van der Waals surface area contributed by atoms with E-state index in [4.69, 9.17) is 5.26 Å². The molecule has 0 amide bonds. The molecule has 0 spiro atoms. The lowest BCUT2D eigenvalue weighted by atomic mass is 10.2. The minimum Gasteiger partial charge on any atom is -0.267 e. The van der Waals surface area contributed by atoms with E-state index in [9.17, 15) is 18.0 Å². The molecule has 4 nitrogen and oxygen atoms in total. The third-order valence-electron chi connectivity index (χ3n) is 2.64. The van der Waals surface area contributed by atoms with Gasteiger partial charge in [-0.05, 0) is 24.5 Å². The van der Waals surface area contributed by atoms with Crippen molar-refractivity contribution in [2.45, 2.75) is 11.1 Å². The highest BCUT2D eigenvalue weighted by Crippen LogP contribution is 2.30. The maximum absolute atomic E-state index is 12.7. The van der Waals surface area contributed by atoms with E-state index in [1.165, 1.54) is 30.0 Å². The lowest BCUT2D eigenvalue weighted by Gasteiger charge is -2.10. The average Bonchev–Trinajstić information content (AvgIpc) is 2.46. The summed E-state index contributed by atoms with van der Waals surface area (Å²) in [5, 5.41) is 12.8. The lowest BCUT2D eigenvalue weighted by Crippen LogP contribution is -2.22. The first kappa shape index (κ1) is 15.1. The molecule has 0 saturated carbocycles. The van der Waals surface area contributed by atoms with Crippen LogP contribution in [0.25, 0.3) is 5.69 Å². The number of aromatic nitrogens is 2. The third-order valence-corrected chi connectivity index (χ3v) is 3.39. The summed E-state index contributed by atoms with van der Waals surface area (Å²) in [6.07, 6.45) is -2.84. The molecular formula is C13H8F3N3OS. The van der Waals surface area contributed by atoms with Crippen molar-refractivity contribution in [2.24, 2.45) is 0 Å². The molecule has 21 heavy (non-hydrogen) atoms. The van der Waals surface area contributed by atoms with Crippen molar-refractivity contribution < 1.29 is 13.2 Å². The normalized spacial score (nSPS) is 11.2. The maximum Gasteiger partial charge on any atom is 0.416 e. The van der Waals surface area contributed by atoms with E-state index in [-0.39, 0.29) is 11.4 Å². The van der Waals surface area contributed by atoms with Crippen LogP contribution >= 0.6 is 11.8 Å². The second-order valence-corrected chi connectivity index (χ2v) is 4.82. The highest BCUT2D eigenvalue weighted by molar-refractivity contribution is 7.98. The van der Waals surface area contributed by atoms with Crippen LogP contribution < -0.4 is 5.56 Å². The summed E-state index contributed by atoms with van der Waals surface area (Å²) in [5.41, 5.74) is -1.54. The number of thioether (sulfide) groups is 1. The molecule has 0 bridgehead atoms. The summed E-state index contributed by atoms with van der Waals surface area (Å²) >= 11 is 1.17. The van der Waals surface area contributed by atoms with Crippen LogP contribution in [-0.2, 0) is 6.18 Å². The van der Waals surface area contributed by atoms with Gasteiger partial charge in [-0.1, -0.05) is 6.07 Å². The molecule has 8 heteroatoms. The first-order chi connectivity index (χ1) is 9.86. The third kappa shape index (κ3) is 3.08. The molecule has 2 aromatic rings. The highest BCUT2D eigenvalue weighted by Gasteiger charge is 2.30. The van der Waals surface area contributed by atoms with Crippen molar-refractivity contribution in [1.29, 1.82) is 5.26 Å². The van der Waals surface area contributed by atoms with Gasteiger partial charge in [-0.25, -0.2) is 0 Å². The molecular weight excluding hydrogens is 303 g/mol. The fourth-order valence-electron chi connectivity index (χ4n) is 1.67. The van der Waals surface area contributed by atoms with Gasteiger partial charge in [0, 0.05) is 6.07 Å². The Morgan fingerprint density at radius 3 is 2.62 bits per heavy atom. The number of hydrogen-bond donors (Lipinski definition) is 0. The van der Waals surface area contributed by atoms with E-state index in [2.05, 4.69) is 5.10 Å². The number of hydrogen-bond acceptors (Lipinski definition) is 4. The van der Waals surface area contributed by atoms with Crippen molar-refractivity contribution in [3.63, 3.8) is 0 Å². The first-order valence-corrected chi connectivity index (χ1v) is 6.85. The highest BCUT2D eigenvalue weighted by atomic mass is 32.2. The zero-order valence-electron chi connectivity index (χ0n) is 10.7. The number of rotatable bonds is 2. The largest absolute Gasteiger partial charge is 0.416 e. The molecule has 0 aliphatic carbocycles. The minimum absolute atomic E-state index is 0.0143. The molecule has 0 saturated heterocycles. The number of nitriles is 1. The van der Waals surface area contributed by atoms with Gasteiger partial charge in [-0.2, -0.15) is 28.2 Å². The molecule has 0 aliphatic heterocycles. The summed E-state index contributed by atoms with van der Waals surface area (Å²) in [6, 6.07) is 7.21. The van der Waals surface area contributed by atoms with E-state index in [1.807, 2.05) is 6.07 Å². The summed E-state index contributed by atoms with van der Waals surface area (Å²) in [5.74, 6) is 0. The van der Waals surface area contributed by atoms with Gasteiger partial charge >= 0.3 is 6.18 Å². The monoisotopic (exact) mass is 311 g/mol. The van der Waals surface area contributed by atoms with E-state index in [0.29, 0.717) is 4.90 Å². The van der Waals surface area contributed by atoms with E-state index >= 15 is 0 Å². The maximum atomic E-state index is 12.7. The number of halogens is 3. The molecule has 0 unspecified atom stereocenters. The standard InChI is InChI=1S/C13H8F3N3OS/c1-21-11-6-12(20)19(18-10(11)7-17)9-4-2-3-8(5-9)13(14,15)16/h2-6H,1H3. The molecule has 1 heterocycles. The topological polar surface area (TPSA) is 58.7 Å². The van der Waals surface area contributed by atoms with Crippen molar-refractivity contribution in [3.05, 3.63) is 51.9 Å². The van der Waals surface area contributed by atoms with Gasteiger partial charge in [-0.3, -0.25) is 4.79 Å². The molecule has 2 rings (SSSR count).